The van der Waals surface area contributed by atoms with Crippen LogP contribution in [0.15, 0.2) is 77.8 Å². The molecule has 7 heterocycles. The van der Waals surface area contributed by atoms with E-state index in [9.17, 15) is 23.3 Å². The number of H-pyrrole nitrogens is 1. The molecule has 1 amide bonds. The molecular weight excluding hydrogens is 861 g/mol. The number of amides is 1. The molecule has 5 aliphatic heterocycles. The van der Waals surface area contributed by atoms with Crippen molar-refractivity contribution in [2.24, 2.45) is 11.3 Å². The number of carbonyl (C=O) groups excluding carboxylic acids is 1. The van der Waals surface area contributed by atoms with Gasteiger partial charge in [-0.1, -0.05) is 24.3 Å². The van der Waals surface area contributed by atoms with Gasteiger partial charge in [0.15, 0.2) is 11.4 Å². The predicted molar refractivity (Wildman–Crippen MR) is 251 cm³/mol. The number of pyridine rings is 1. The zero-order valence-electron chi connectivity index (χ0n) is 37.2. The molecule has 16 nitrogen and oxygen atoms in total. The van der Waals surface area contributed by atoms with Crippen LogP contribution in [0.3, 0.4) is 0 Å². The summed E-state index contributed by atoms with van der Waals surface area (Å²) in [7, 11) is -4.64. The molecule has 3 saturated heterocycles. The minimum absolute atomic E-state index is 0.0401. The molecule has 0 radical (unpaired) electrons. The number of ether oxygens (including phenoxy) is 3. The Kier molecular flexibility index (Phi) is 11.0. The van der Waals surface area contributed by atoms with Crippen molar-refractivity contribution in [3.8, 4) is 11.6 Å². The van der Waals surface area contributed by atoms with Gasteiger partial charge in [-0.3, -0.25) is 19.8 Å². The number of aromatic nitrogens is 2. The van der Waals surface area contributed by atoms with Gasteiger partial charge in [0.2, 0.25) is 5.88 Å². The van der Waals surface area contributed by atoms with Gasteiger partial charge in [0.1, 0.15) is 17.9 Å². The topological polar surface area (TPSA) is 184 Å². The van der Waals surface area contributed by atoms with Crippen molar-refractivity contribution in [1.82, 2.24) is 19.6 Å². The number of hydrogen-bond acceptors (Lipinski definition) is 13. The minimum Gasteiger partial charge on any atom is -0.489 e. The summed E-state index contributed by atoms with van der Waals surface area (Å²) in [4.78, 5) is 40.9. The van der Waals surface area contributed by atoms with E-state index in [1.54, 1.807) is 6.07 Å². The molecule has 3 N–H and O–H groups in total. The highest BCUT2D eigenvalue weighted by Gasteiger charge is 2.50. The van der Waals surface area contributed by atoms with Gasteiger partial charge < -0.3 is 34.3 Å². The molecule has 66 heavy (non-hydrogen) atoms. The molecule has 3 aromatic carbocycles. The third-order valence-electron chi connectivity index (χ3n) is 15.3. The second-order valence-electron chi connectivity index (χ2n) is 19.1. The van der Waals surface area contributed by atoms with E-state index in [0.29, 0.717) is 73.2 Å². The second kappa shape index (κ2) is 17.1. The van der Waals surface area contributed by atoms with Crippen LogP contribution in [0.25, 0.3) is 11.0 Å². The maximum atomic E-state index is 14.5. The number of aryl methyl sites for hydroxylation is 1. The van der Waals surface area contributed by atoms with Crippen LogP contribution < -0.4 is 29.3 Å². The summed E-state index contributed by atoms with van der Waals surface area (Å²) in [6.45, 7) is 7.39. The number of aromatic amines is 1. The van der Waals surface area contributed by atoms with Gasteiger partial charge in [0.25, 0.3) is 21.6 Å². The Morgan fingerprint density at radius 2 is 1.74 bits per heavy atom. The number of anilines is 4. The van der Waals surface area contributed by atoms with Gasteiger partial charge >= 0.3 is 0 Å². The normalized spacial score (nSPS) is 22.4. The predicted octanol–water partition coefficient (Wildman–Crippen LogP) is 8.00. The van der Waals surface area contributed by atoms with Crippen LogP contribution in [-0.4, -0.2) is 98.8 Å². The van der Waals surface area contributed by atoms with E-state index in [2.05, 4.69) is 56.0 Å². The lowest BCUT2D eigenvalue weighted by Crippen LogP contribution is -2.54. The lowest BCUT2D eigenvalue weighted by atomic mass is 9.59. The molecule has 1 spiro atoms. The van der Waals surface area contributed by atoms with Crippen LogP contribution in [0.2, 0.25) is 0 Å². The van der Waals surface area contributed by atoms with Gasteiger partial charge in [0.05, 0.1) is 33.7 Å². The van der Waals surface area contributed by atoms with Crippen LogP contribution in [0.5, 0.6) is 11.6 Å². The summed E-state index contributed by atoms with van der Waals surface area (Å²) in [5.41, 5.74) is 5.72. The number of carbonyl (C=O) groups is 1. The quantitative estimate of drug-likeness (QED) is 0.0956. The SMILES string of the molecule is Cc1ccccc1[C@@H]1CCCN1C1CC2(CCN(c3ccc(C(=O)NS(=O)(=O)c4cc5c(c([N+](=O)[O-])c4)N[C@@H](C4CCOCC4)CO5)c(N4CCCOc5nc6[nH]ccc6cc54)c3)CC2)C1. The molecule has 6 aliphatic rings. The summed E-state index contributed by atoms with van der Waals surface area (Å²) in [5.74, 6) is -0.245. The Hall–Kier alpha value is -5.91. The average Bonchev–Trinajstić information content (AvgIpc) is 3.95. The number of rotatable bonds is 9. The maximum absolute atomic E-state index is 14.5. The summed E-state index contributed by atoms with van der Waals surface area (Å²) in [6, 6.07) is 21.4. The van der Waals surface area contributed by atoms with E-state index in [0.717, 1.165) is 62.5 Å². The highest BCUT2D eigenvalue weighted by molar-refractivity contribution is 7.90. The van der Waals surface area contributed by atoms with Gasteiger partial charge in [0, 0.05) is 74.3 Å². The van der Waals surface area contributed by atoms with Gasteiger partial charge in [-0.15, -0.1) is 0 Å². The largest absolute Gasteiger partial charge is 0.489 e. The number of fused-ring (bicyclic) bond motifs is 3. The van der Waals surface area contributed by atoms with E-state index in [1.807, 2.05) is 35.4 Å². The monoisotopic (exact) mass is 916 g/mol. The Balaban J connectivity index is 0.863. The Bertz CT molecular complexity index is 2790. The third-order valence-corrected chi connectivity index (χ3v) is 16.6. The first kappa shape index (κ1) is 42.7. The van der Waals surface area contributed by atoms with E-state index in [-0.39, 0.29) is 35.6 Å². The number of nitro groups is 1. The summed E-state index contributed by atoms with van der Waals surface area (Å²) >= 11 is 0. The first-order valence-electron chi connectivity index (χ1n) is 23.5. The first-order chi connectivity index (χ1) is 32.0. The standard InChI is InChI=1S/C49H56N8O8S/c1-31-6-2-3-7-37(31)40-8-4-17-55(40)35-28-49(29-35)14-19-54(20-15-49)34-9-10-38(41(25-34)56-18-5-21-64-48-43(56)24-33-11-16-50-46(33)52-48)47(58)53-66(61,62)36-26-42(57(59)60)45-44(27-36)65-30-39(51-45)32-12-22-63-23-13-32/h2-3,6-7,9-11,16,24-27,32,35,39-40,51H,4-5,8,12-15,17-23,28-30H2,1H3,(H,50,52)(H,53,58)/t39-,40+/m1/s1. The van der Waals surface area contributed by atoms with Gasteiger partial charge in [-0.2, -0.15) is 4.98 Å². The second-order valence-corrected chi connectivity index (χ2v) is 20.8. The van der Waals surface area contributed by atoms with E-state index in [4.69, 9.17) is 19.2 Å². The van der Waals surface area contributed by atoms with Crippen molar-refractivity contribution in [2.75, 3.05) is 67.7 Å². The van der Waals surface area contributed by atoms with Crippen molar-refractivity contribution >= 4 is 55.4 Å². The number of nitrogens with one attached hydrogen (secondary N) is 3. The Morgan fingerprint density at radius 1 is 0.924 bits per heavy atom. The fourth-order valence-electron chi connectivity index (χ4n) is 11.6. The smallest absolute Gasteiger partial charge is 0.297 e. The van der Waals surface area contributed by atoms with Gasteiger partial charge in [-0.05, 0) is 124 Å². The number of nitro benzene ring substituents is 1. The summed E-state index contributed by atoms with van der Waals surface area (Å²) in [6.07, 6.45) is 11.0. The highest BCUT2D eigenvalue weighted by atomic mass is 32.2. The lowest BCUT2D eigenvalue weighted by Gasteiger charge is -2.56. The molecule has 2 aromatic heterocycles. The average molecular weight is 917 g/mol. The zero-order valence-corrected chi connectivity index (χ0v) is 38.0. The molecule has 0 unspecified atom stereocenters. The number of nitrogens with zero attached hydrogens (tertiary/aromatic N) is 5. The fourth-order valence-corrected chi connectivity index (χ4v) is 12.6. The molecule has 1 aliphatic carbocycles. The lowest BCUT2D eigenvalue weighted by molar-refractivity contribution is -0.384. The number of likely N-dealkylation sites (tertiary alicyclic amines) is 1. The number of hydrogen-bond donors (Lipinski definition) is 3. The van der Waals surface area contributed by atoms with Crippen LogP contribution in [0.1, 0.15) is 85.3 Å². The van der Waals surface area contributed by atoms with Crippen molar-refractivity contribution < 1.29 is 32.3 Å². The van der Waals surface area contributed by atoms with Crippen molar-refractivity contribution in [2.45, 2.75) is 87.7 Å². The Labute approximate surface area is 384 Å². The molecule has 4 fully saturated rings. The van der Waals surface area contributed by atoms with Crippen LogP contribution in [0, 0.1) is 28.4 Å². The zero-order chi connectivity index (χ0) is 45.2. The Morgan fingerprint density at radius 3 is 2.55 bits per heavy atom. The molecule has 2 atom stereocenters. The fraction of sp³-hybridized carbons (Fsp3) is 0.469. The molecule has 17 heteroatoms. The number of piperidine rings is 1. The van der Waals surface area contributed by atoms with Gasteiger partial charge in [-0.25, -0.2) is 13.1 Å². The third kappa shape index (κ3) is 7.87. The first-order valence-corrected chi connectivity index (χ1v) is 25.0. The molecule has 0 bridgehead atoms. The van der Waals surface area contributed by atoms with Crippen LogP contribution >= 0.6 is 0 Å². The van der Waals surface area contributed by atoms with Crippen molar-refractivity contribution in [3.63, 3.8) is 0 Å². The van der Waals surface area contributed by atoms with Crippen molar-refractivity contribution in [1.29, 1.82) is 0 Å². The molecular formula is C49H56N8O8S. The molecule has 346 valence electrons. The molecule has 11 rings (SSSR count). The maximum Gasteiger partial charge on any atom is 0.297 e. The van der Waals surface area contributed by atoms with Crippen molar-refractivity contribution in [3.05, 3.63) is 99.7 Å². The van der Waals surface area contributed by atoms with E-state index < -0.39 is 31.4 Å². The molecule has 1 saturated carbocycles. The van der Waals surface area contributed by atoms with E-state index >= 15 is 0 Å². The summed E-state index contributed by atoms with van der Waals surface area (Å²) in [5, 5.41) is 16.5. The number of sulfonamides is 1. The van der Waals surface area contributed by atoms with Crippen LogP contribution in [0.4, 0.5) is 28.4 Å². The van der Waals surface area contributed by atoms with E-state index in [1.165, 1.54) is 42.9 Å². The highest BCUT2D eigenvalue weighted by Crippen LogP contribution is 2.54. The molecule has 5 aromatic rings. The minimum atomic E-state index is -4.64. The summed E-state index contributed by atoms with van der Waals surface area (Å²) < 4.78 is 48.2. The number of benzene rings is 3. The van der Waals surface area contributed by atoms with Crippen LogP contribution in [-0.2, 0) is 14.8 Å².